The number of carbonyl (C=O) groups excluding carboxylic acids is 2. The van der Waals surface area contributed by atoms with Crippen molar-refractivity contribution < 1.29 is 27.1 Å². The van der Waals surface area contributed by atoms with Gasteiger partial charge in [-0.1, -0.05) is 49.4 Å². The van der Waals surface area contributed by atoms with E-state index < -0.39 is 34.3 Å². The summed E-state index contributed by atoms with van der Waals surface area (Å²) in [5.74, 6) is -1.16. The number of methoxy groups -OCH3 is 1. The van der Waals surface area contributed by atoms with Crippen molar-refractivity contribution >= 4 is 27.5 Å². The van der Waals surface area contributed by atoms with E-state index in [0.29, 0.717) is 18.5 Å². The number of nitrogens with one attached hydrogen (secondary N) is 1. The summed E-state index contributed by atoms with van der Waals surface area (Å²) in [5.41, 5.74) is 0.765. The lowest BCUT2D eigenvalue weighted by Crippen LogP contribution is -2.51. The molecule has 0 unspecified atom stereocenters. The lowest BCUT2D eigenvalue weighted by atomic mass is 10.1. The Morgan fingerprint density at radius 2 is 1.61 bits per heavy atom. The van der Waals surface area contributed by atoms with E-state index in [4.69, 9.17) is 4.74 Å². The minimum Gasteiger partial charge on any atom is -0.495 e. The average molecular weight is 542 g/mol. The zero-order valence-electron chi connectivity index (χ0n) is 21.6. The van der Waals surface area contributed by atoms with E-state index in [-0.39, 0.29) is 28.8 Å². The number of amides is 2. The number of rotatable bonds is 12. The van der Waals surface area contributed by atoms with Gasteiger partial charge >= 0.3 is 0 Å². The number of para-hydroxylation sites is 2. The minimum absolute atomic E-state index is 0.00229. The molecule has 0 spiro atoms. The average Bonchev–Trinajstić information content (AvgIpc) is 2.94. The fourth-order valence-electron chi connectivity index (χ4n) is 3.83. The number of anilines is 1. The number of halogens is 1. The highest BCUT2D eigenvalue weighted by Gasteiger charge is 2.33. The Bertz CT molecular complexity index is 1330. The number of hydrogen-bond acceptors (Lipinski definition) is 5. The second-order valence-electron chi connectivity index (χ2n) is 8.61. The zero-order valence-corrected chi connectivity index (χ0v) is 22.4. The summed E-state index contributed by atoms with van der Waals surface area (Å²) in [4.78, 5) is 28.0. The molecule has 1 N–H and O–H groups in total. The summed E-state index contributed by atoms with van der Waals surface area (Å²) in [6.07, 6.45) is 0.710. The van der Waals surface area contributed by atoms with Crippen LogP contribution < -0.4 is 14.4 Å². The van der Waals surface area contributed by atoms with Crippen molar-refractivity contribution in [2.75, 3.05) is 24.5 Å². The van der Waals surface area contributed by atoms with Crippen molar-refractivity contribution in [3.05, 3.63) is 90.2 Å². The summed E-state index contributed by atoms with van der Waals surface area (Å²) in [7, 11) is -2.79. The molecule has 0 bridgehead atoms. The highest BCUT2D eigenvalue weighted by Crippen LogP contribution is 2.32. The van der Waals surface area contributed by atoms with Crippen LogP contribution in [0.5, 0.6) is 5.75 Å². The van der Waals surface area contributed by atoms with Crippen LogP contribution in [-0.2, 0) is 26.2 Å². The normalized spacial score (nSPS) is 11.9. The Labute approximate surface area is 223 Å². The second-order valence-corrected chi connectivity index (χ2v) is 10.5. The summed E-state index contributed by atoms with van der Waals surface area (Å²) < 4.78 is 47.4. The van der Waals surface area contributed by atoms with Gasteiger partial charge < -0.3 is 15.0 Å². The largest absolute Gasteiger partial charge is 0.495 e. The molecule has 0 aromatic heterocycles. The molecule has 0 fully saturated rings. The van der Waals surface area contributed by atoms with E-state index in [9.17, 15) is 22.4 Å². The van der Waals surface area contributed by atoms with Gasteiger partial charge in [0.2, 0.25) is 11.8 Å². The number of nitrogens with zero attached hydrogens (tertiary/aromatic N) is 2. The van der Waals surface area contributed by atoms with E-state index >= 15 is 0 Å². The molecule has 0 heterocycles. The van der Waals surface area contributed by atoms with Crippen LogP contribution in [0.1, 0.15) is 25.8 Å². The van der Waals surface area contributed by atoms with Crippen molar-refractivity contribution in [3.8, 4) is 5.75 Å². The number of carbonyl (C=O) groups is 2. The highest BCUT2D eigenvalue weighted by molar-refractivity contribution is 7.92. The Morgan fingerprint density at radius 3 is 2.24 bits per heavy atom. The third-order valence-electron chi connectivity index (χ3n) is 5.95. The molecule has 8 nitrogen and oxygen atoms in total. The number of benzene rings is 3. The van der Waals surface area contributed by atoms with Crippen LogP contribution in [0.4, 0.5) is 10.1 Å². The van der Waals surface area contributed by atoms with E-state index in [1.807, 2.05) is 6.92 Å². The third kappa shape index (κ3) is 6.89. The first-order chi connectivity index (χ1) is 18.2. The first-order valence-electron chi connectivity index (χ1n) is 12.2. The van der Waals surface area contributed by atoms with Gasteiger partial charge in [-0.3, -0.25) is 13.9 Å². The molecule has 202 valence electrons. The van der Waals surface area contributed by atoms with Crippen LogP contribution in [0.3, 0.4) is 0 Å². The van der Waals surface area contributed by atoms with Crippen LogP contribution in [0, 0.1) is 5.82 Å². The summed E-state index contributed by atoms with van der Waals surface area (Å²) in [6, 6.07) is 18.9. The lowest BCUT2D eigenvalue weighted by molar-refractivity contribution is -0.139. The van der Waals surface area contributed by atoms with Gasteiger partial charge in [-0.25, -0.2) is 12.8 Å². The minimum atomic E-state index is -4.20. The first kappa shape index (κ1) is 28.6. The van der Waals surface area contributed by atoms with Gasteiger partial charge in [-0.2, -0.15) is 0 Å². The molecule has 3 aromatic carbocycles. The highest BCUT2D eigenvalue weighted by atomic mass is 32.2. The molecule has 3 rings (SSSR count). The summed E-state index contributed by atoms with van der Waals surface area (Å²) in [5, 5.41) is 2.78. The van der Waals surface area contributed by atoms with Gasteiger partial charge in [-0.15, -0.1) is 0 Å². The first-order valence-corrected chi connectivity index (χ1v) is 13.7. The van der Waals surface area contributed by atoms with Crippen molar-refractivity contribution in [1.29, 1.82) is 0 Å². The Kier molecular flexibility index (Phi) is 9.84. The predicted molar refractivity (Wildman–Crippen MR) is 144 cm³/mol. The van der Waals surface area contributed by atoms with Crippen molar-refractivity contribution in [3.63, 3.8) is 0 Å². The molecular formula is C28H32FN3O5S. The Hall–Kier alpha value is -3.92. The molecule has 2 amide bonds. The van der Waals surface area contributed by atoms with Crippen LogP contribution in [0.2, 0.25) is 0 Å². The van der Waals surface area contributed by atoms with Gasteiger partial charge in [0.15, 0.2) is 0 Å². The van der Waals surface area contributed by atoms with Gasteiger partial charge in [0.25, 0.3) is 10.0 Å². The fourth-order valence-corrected chi connectivity index (χ4v) is 5.28. The van der Waals surface area contributed by atoms with Crippen molar-refractivity contribution in [2.45, 2.75) is 37.8 Å². The standard InChI is InChI=1S/C28H32FN3O5S/c1-4-18-30-28(34)21(2)31(19-22-14-16-23(29)17-15-22)27(33)20-32(25-12-8-9-13-26(25)37-3)38(35,36)24-10-6-5-7-11-24/h5-17,21H,4,18-20H2,1-3H3,(H,30,34)/t21-/m1/s1. The van der Waals surface area contributed by atoms with Crippen LogP contribution in [-0.4, -0.2) is 51.4 Å². The smallest absolute Gasteiger partial charge is 0.264 e. The van der Waals surface area contributed by atoms with Gasteiger partial charge in [-0.05, 0) is 55.3 Å². The molecule has 0 aliphatic rings. The van der Waals surface area contributed by atoms with Crippen LogP contribution >= 0.6 is 0 Å². The lowest BCUT2D eigenvalue weighted by Gasteiger charge is -2.32. The quantitative estimate of drug-likeness (QED) is 0.374. The number of ether oxygens (including phenoxy) is 1. The monoisotopic (exact) mass is 541 g/mol. The summed E-state index contributed by atoms with van der Waals surface area (Å²) in [6.45, 7) is 3.30. The van der Waals surface area contributed by atoms with E-state index in [0.717, 1.165) is 4.31 Å². The SMILES string of the molecule is CCCNC(=O)[C@@H](C)N(Cc1ccc(F)cc1)C(=O)CN(c1ccccc1OC)S(=O)(=O)c1ccccc1. The molecule has 1 atom stereocenters. The number of hydrogen-bond donors (Lipinski definition) is 1. The van der Waals surface area contributed by atoms with Crippen LogP contribution in [0.25, 0.3) is 0 Å². The maximum absolute atomic E-state index is 13.8. The van der Waals surface area contributed by atoms with Crippen molar-refractivity contribution in [1.82, 2.24) is 10.2 Å². The topological polar surface area (TPSA) is 96.0 Å². The Balaban J connectivity index is 2.04. The molecule has 0 aliphatic heterocycles. The van der Waals surface area contributed by atoms with E-state index in [2.05, 4.69) is 5.32 Å². The van der Waals surface area contributed by atoms with Crippen molar-refractivity contribution in [2.24, 2.45) is 0 Å². The van der Waals surface area contributed by atoms with E-state index in [1.54, 1.807) is 49.4 Å². The molecule has 0 saturated heterocycles. The fraction of sp³-hybridized carbons (Fsp3) is 0.286. The maximum Gasteiger partial charge on any atom is 0.264 e. The Morgan fingerprint density at radius 1 is 0.974 bits per heavy atom. The van der Waals surface area contributed by atoms with E-state index in [1.165, 1.54) is 48.4 Å². The summed E-state index contributed by atoms with van der Waals surface area (Å²) >= 11 is 0. The van der Waals surface area contributed by atoms with Crippen LogP contribution in [0.15, 0.2) is 83.8 Å². The molecule has 0 radical (unpaired) electrons. The molecule has 38 heavy (non-hydrogen) atoms. The maximum atomic E-state index is 13.8. The third-order valence-corrected chi connectivity index (χ3v) is 7.72. The van der Waals surface area contributed by atoms with Gasteiger partial charge in [0, 0.05) is 13.1 Å². The zero-order chi connectivity index (χ0) is 27.7. The molecular weight excluding hydrogens is 509 g/mol. The second kappa shape index (κ2) is 13.0. The molecule has 3 aromatic rings. The molecule has 10 heteroatoms. The number of sulfonamides is 1. The van der Waals surface area contributed by atoms with Gasteiger partial charge in [0.05, 0.1) is 17.7 Å². The molecule has 0 aliphatic carbocycles. The predicted octanol–water partition coefficient (Wildman–Crippen LogP) is 3.97. The van der Waals surface area contributed by atoms with Gasteiger partial charge in [0.1, 0.15) is 24.2 Å². The molecule has 0 saturated carbocycles.